The van der Waals surface area contributed by atoms with Gasteiger partial charge in [-0.3, -0.25) is 4.79 Å². The molecule has 2 aromatic carbocycles. The lowest BCUT2D eigenvalue weighted by Gasteiger charge is -2.07. The van der Waals surface area contributed by atoms with Crippen molar-refractivity contribution in [3.05, 3.63) is 83.9 Å². The second-order valence-corrected chi connectivity index (χ2v) is 5.39. The molecule has 0 fully saturated rings. The molecule has 0 saturated carbocycles. The van der Waals surface area contributed by atoms with Crippen LogP contribution < -0.4 is 0 Å². The molecule has 0 aromatic heterocycles. The van der Waals surface area contributed by atoms with E-state index in [0.29, 0.717) is 16.7 Å². The highest BCUT2D eigenvalue weighted by atomic mass is 16.6. The molecule has 0 N–H and O–H groups in total. The fourth-order valence-corrected chi connectivity index (χ4v) is 2.15. The molecule has 0 aliphatic rings. The Kier molecular flexibility index (Phi) is 7.93. The van der Waals surface area contributed by atoms with Crippen LogP contribution in [0, 0.1) is 0 Å². The average molecular weight is 368 g/mol. The zero-order valence-electron chi connectivity index (χ0n) is 14.8. The lowest BCUT2D eigenvalue weighted by atomic mass is 10.0. The topological polar surface area (TPSA) is 78.9 Å². The minimum Gasteiger partial charge on any atom is -0.460 e. The Bertz CT molecular complexity index is 780. The SMILES string of the molecule is C=CC(=O)OCCOCCOC(=O)c1ccc(C(=O)c2ccccc2)cc1. The van der Waals surface area contributed by atoms with Gasteiger partial charge in [-0.05, 0) is 12.1 Å². The van der Waals surface area contributed by atoms with Crippen LogP contribution in [0.2, 0.25) is 0 Å². The molecule has 0 spiro atoms. The Labute approximate surface area is 157 Å². The van der Waals surface area contributed by atoms with Gasteiger partial charge in [-0.25, -0.2) is 9.59 Å². The maximum atomic E-state index is 12.3. The van der Waals surface area contributed by atoms with E-state index in [-0.39, 0.29) is 32.2 Å². The largest absolute Gasteiger partial charge is 0.460 e. The highest BCUT2D eigenvalue weighted by Gasteiger charge is 2.11. The van der Waals surface area contributed by atoms with Gasteiger partial charge in [0.2, 0.25) is 0 Å². The number of rotatable bonds is 10. The van der Waals surface area contributed by atoms with Gasteiger partial charge < -0.3 is 14.2 Å². The summed E-state index contributed by atoms with van der Waals surface area (Å²) in [5.41, 5.74) is 1.43. The summed E-state index contributed by atoms with van der Waals surface area (Å²) in [6.07, 6.45) is 1.07. The van der Waals surface area contributed by atoms with Gasteiger partial charge in [-0.1, -0.05) is 49.0 Å². The third kappa shape index (κ3) is 6.52. The zero-order chi connectivity index (χ0) is 19.5. The van der Waals surface area contributed by atoms with Crippen LogP contribution in [-0.2, 0) is 19.0 Å². The summed E-state index contributed by atoms with van der Waals surface area (Å²) >= 11 is 0. The van der Waals surface area contributed by atoms with Gasteiger partial charge in [0.15, 0.2) is 5.78 Å². The van der Waals surface area contributed by atoms with Crippen molar-refractivity contribution in [2.24, 2.45) is 0 Å². The maximum Gasteiger partial charge on any atom is 0.338 e. The Hall–Kier alpha value is -3.25. The molecule has 6 heteroatoms. The van der Waals surface area contributed by atoms with Crippen LogP contribution in [0.5, 0.6) is 0 Å². The fourth-order valence-electron chi connectivity index (χ4n) is 2.15. The molecule has 0 atom stereocenters. The van der Waals surface area contributed by atoms with Gasteiger partial charge in [0.05, 0.1) is 18.8 Å². The Balaban J connectivity index is 1.73. The molecule has 27 heavy (non-hydrogen) atoms. The number of carbonyl (C=O) groups excluding carboxylic acids is 3. The molecule has 0 radical (unpaired) electrons. The standard InChI is InChI=1S/C21H20O6/c1-2-19(22)26-14-12-25-13-15-27-21(24)18-10-8-17(9-11-18)20(23)16-6-4-3-5-7-16/h2-11H,1,12-15H2. The summed E-state index contributed by atoms with van der Waals surface area (Å²) in [6.45, 7) is 3.84. The Morgan fingerprint density at radius 2 is 1.30 bits per heavy atom. The first-order valence-corrected chi connectivity index (χ1v) is 8.35. The summed E-state index contributed by atoms with van der Waals surface area (Å²) in [6, 6.07) is 15.2. The van der Waals surface area contributed by atoms with Crippen molar-refractivity contribution in [1.82, 2.24) is 0 Å². The summed E-state index contributed by atoms with van der Waals surface area (Å²) in [5, 5.41) is 0. The first kappa shape index (κ1) is 20.1. The van der Waals surface area contributed by atoms with E-state index in [4.69, 9.17) is 14.2 Å². The van der Waals surface area contributed by atoms with E-state index in [2.05, 4.69) is 6.58 Å². The van der Waals surface area contributed by atoms with Crippen molar-refractivity contribution in [2.75, 3.05) is 26.4 Å². The van der Waals surface area contributed by atoms with Crippen LogP contribution in [0.3, 0.4) is 0 Å². The van der Waals surface area contributed by atoms with Gasteiger partial charge in [0, 0.05) is 17.2 Å². The molecule has 0 aliphatic carbocycles. The second-order valence-electron chi connectivity index (χ2n) is 5.39. The van der Waals surface area contributed by atoms with E-state index in [1.165, 1.54) is 0 Å². The summed E-state index contributed by atoms with van der Waals surface area (Å²) in [5.74, 6) is -1.13. The predicted octanol–water partition coefficient (Wildman–Crippen LogP) is 2.82. The molecular formula is C21H20O6. The quantitative estimate of drug-likeness (QED) is 0.278. The Morgan fingerprint density at radius 3 is 1.93 bits per heavy atom. The number of hydrogen-bond donors (Lipinski definition) is 0. The molecule has 6 nitrogen and oxygen atoms in total. The minimum atomic E-state index is -0.515. The number of ether oxygens (including phenoxy) is 3. The summed E-state index contributed by atoms with van der Waals surface area (Å²) < 4.78 is 15.0. The van der Waals surface area contributed by atoms with E-state index >= 15 is 0 Å². The van der Waals surface area contributed by atoms with Gasteiger partial charge in [-0.2, -0.15) is 0 Å². The van der Waals surface area contributed by atoms with E-state index < -0.39 is 11.9 Å². The lowest BCUT2D eigenvalue weighted by Crippen LogP contribution is -2.14. The van der Waals surface area contributed by atoms with E-state index in [0.717, 1.165) is 6.08 Å². The van der Waals surface area contributed by atoms with Gasteiger partial charge in [0.1, 0.15) is 13.2 Å². The third-order valence-corrected chi connectivity index (χ3v) is 3.52. The molecule has 0 heterocycles. The molecule has 0 unspecified atom stereocenters. The van der Waals surface area contributed by atoms with E-state index in [1.54, 1.807) is 48.5 Å². The molecule has 0 aliphatic heterocycles. The number of benzene rings is 2. The summed E-state index contributed by atoms with van der Waals surface area (Å²) in [4.78, 5) is 35.1. The van der Waals surface area contributed by atoms with Gasteiger partial charge in [-0.15, -0.1) is 0 Å². The molecule has 140 valence electrons. The summed E-state index contributed by atoms with van der Waals surface area (Å²) in [7, 11) is 0. The minimum absolute atomic E-state index is 0.0684. The molecule has 2 rings (SSSR count). The smallest absolute Gasteiger partial charge is 0.338 e. The zero-order valence-corrected chi connectivity index (χ0v) is 14.8. The third-order valence-electron chi connectivity index (χ3n) is 3.52. The number of esters is 2. The molecular weight excluding hydrogens is 348 g/mol. The van der Waals surface area contributed by atoms with Crippen LogP contribution in [0.25, 0.3) is 0 Å². The fraction of sp³-hybridized carbons (Fsp3) is 0.190. The molecule has 0 saturated heterocycles. The van der Waals surface area contributed by atoms with Crippen molar-refractivity contribution < 1.29 is 28.6 Å². The van der Waals surface area contributed by atoms with Crippen molar-refractivity contribution in [2.45, 2.75) is 0 Å². The monoisotopic (exact) mass is 368 g/mol. The Morgan fingerprint density at radius 1 is 0.741 bits per heavy atom. The number of ketones is 1. The average Bonchev–Trinajstić information content (AvgIpc) is 2.72. The molecule has 2 aromatic rings. The number of carbonyl (C=O) groups is 3. The van der Waals surface area contributed by atoms with Crippen LogP contribution in [-0.4, -0.2) is 44.1 Å². The van der Waals surface area contributed by atoms with Gasteiger partial charge >= 0.3 is 11.9 Å². The normalized spacial score (nSPS) is 10.1. The van der Waals surface area contributed by atoms with Crippen LogP contribution in [0.1, 0.15) is 26.3 Å². The second kappa shape index (κ2) is 10.7. The van der Waals surface area contributed by atoms with Crippen LogP contribution in [0.4, 0.5) is 0 Å². The molecule has 0 amide bonds. The van der Waals surface area contributed by atoms with Crippen LogP contribution >= 0.6 is 0 Å². The van der Waals surface area contributed by atoms with Gasteiger partial charge in [0.25, 0.3) is 0 Å². The van der Waals surface area contributed by atoms with E-state index in [1.807, 2.05) is 6.07 Å². The predicted molar refractivity (Wildman–Crippen MR) is 98.6 cm³/mol. The van der Waals surface area contributed by atoms with E-state index in [9.17, 15) is 14.4 Å². The van der Waals surface area contributed by atoms with Crippen molar-refractivity contribution >= 4 is 17.7 Å². The highest BCUT2D eigenvalue weighted by Crippen LogP contribution is 2.11. The highest BCUT2D eigenvalue weighted by molar-refractivity contribution is 6.09. The van der Waals surface area contributed by atoms with Crippen molar-refractivity contribution in [3.8, 4) is 0 Å². The first-order valence-electron chi connectivity index (χ1n) is 8.35. The number of hydrogen-bond acceptors (Lipinski definition) is 6. The lowest BCUT2D eigenvalue weighted by molar-refractivity contribution is -0.139. The molecule has 0 bridgehead atoms. The van der Waals surface area contributed by atoms with Crippen LogP contribution in [0.15, 0.2) is 67.3 Å². The maximum absolute atomic E-state index is 12.3. The van der Waals surface area contributed by atoms with Crippen molar-refractivity contribution in [3.63, 3.8) is 0 Å². The van der Waals surface area contributed by atoms with Crippen molar-refractivity contribution in [1.29, 1.82) is 0 Å². The first-order chi connectivity index (χ1) is 13.1.